The molecule has 0 N–H and O–H groups in total. The van der Waals surface area contributed by atoms with E-state index in [-0.39, 0.29) is 5.91 Å². The second-order valence-electron chi connectivity index (χ2n) is 7.91. The van der Waals surface area contributed by atoms with Crippen LogP contribution in [0.15, 0.2) is 60.9 Å². The lowest BCUT2D eigenvalue weighted by Crippen LogP contribution is -2.52. The van der Waals surface area contributed by atoms with Crippen molar-refractivity contribution in [1.29, 1.82) is 0 Å². The zero-order valence-corrected chi connectivity index (χ0v) is 15.5. The Morgan fingerprint density at radius 3 is 2.63 bits per heavy atom. The predicted molar refractivity (Wildman–Crippen MR) is 106 cm³/mol. The molecule has 27 heavy (non-hydrogen) atoms. The van der Waals surface area contributed by atoms with Crippen molar-refractivity contribution in [3.8, 4) is 0 Å². The number of rotatable bonds is 2. The summed E-state index contributed by atoms with van der Waals surface area (Å²) in [6.45, 7) is 0.827. The van der Waals surface area contributed by atoms with Crippen LogP contribution in [0.25, 0.3) is 5.65 Å². The molecule has 2 fully saturated rings. The average molecular weight is 359 g/mol. The molecule has 1 saturated carbocycles. The maximum atomic E-state index is 13.3. The fourth-order valence-electron chi connectivity index (χ4n) is 5.21. The maximum Gasteiger partial charge on any atom is 0.274 e. The molecule has 2 aromatic heterocycles. The number of hydrogen-bond donors (Lipinski definition) is 0. The van der Waals surface area contributed by atoms with Crippen LogP contribution in [-0.2, 0) is 0 Å². The van der Waals surface area contributed by atoms with Crippen LogP contribution in [0.3, 0.4) is 0 Å². The van der Waals surface area contributed by atoms with Gasteiger partial charge < -0.3 is 9.30 Å². The summed E-state index contributed by atoms with van der Waals surface area (Å²) in [7, 11) is 0. The van der Waals surface area contributed by atoms with Crippen molar-refractivity contribution in [2.75, 3.05) is 6.54 Å². The number of hydrogen-bond acceptors (Lipinski definition) is 2. The van der Waals surface area contributed by atoms with E-state index in [9.17, 15) is 4.79 Å². The van der Waals surface area contributed by atoms with Gasteiger partial charge in [0.15, 0.2) is 0 Å². The summed E-state index contributed by atoms with van der Waals surface area (Å²) in [4.78, 5) is 20.0. The number of nitrogens with zero attached hydrogens (tertiary/aromatic N) is 3. The molecule has 3 atom stereocenters. The van der Waals surface area contributed by atoms with Crippen molar-refractivity contribution in [2.45, 2.75) is 44.1 Å². The van der Waals surface area contributed by atoms with Crippen molar-refractivity contribution in [3.05, 3.63) is 72.2 Å². The second-order valence-corrected chi connectivity index (χ2v) is 7.91. The summed E-state index contributed by atoms with van der Waals surface area (Å²) in [6, 6.07) is 17.1. The van der Waals surface area contributed by atoms with Gasteiger partial charge >= 0.3 is 0 Å². The van der Waals surface area contributed by atoms with Crippen molar-refractivity contribution in [1.82, 2.24) is 14.3 Å². The van der Waals surface area contributed by atoms with Gasteiger partial charge in [0.1, 0.15) is 11.3 Å². The molecule has 1 aromatic carbocycles. The van der Waals surface area contributed by atoms with E-state index in [2.05, 4.69) is 40.2 Å². The second kappa shape index (κ2) is 6.84. The number of aromatic nitrogens is 2. The Hall–Kier alpha value is -2.62. The van der Waals surface area contributed by atoms with Gasteiger partial charge in [-0.05, 0) is 48.8 Å². The highest BCUT2D eigenvalue weighted by atomic mass is 16.2. The fraction of sp³-hybridized carbons (Fsp3) is 0.391. The highest BCUT2D eigenvalue weighted by Gasteiger charge is 2.42. The highest BCUT2D eigenvalue weighted by Crippen LogP contribution is 2.44. The van der Waals surface area contributed by atoms with E-state index in [0.29, 0.717) is 23.6 Å². The van der Waals surface area contributed by atoms with Crippen molar-refractivity contribution in [2.24, 2.45) is 5.92 Å². The number of carbonyl (C=O) groups excluding carboxylic acids is 1. The number of fused-ring (bicyclic) bond motifs is 2. The van der Waals surface area contributed by atoms with E-state index < -0.39 is 0 Å². The molecule has 0 spiro atoms. The third kappa shape index (κ3) is 2.93. The normalized spacial score (nSPS) is 25.3. The minimum atomic E-state index is 0.0992. The van der Waals surface area contributed by atoms with E-state index in [1.165, 1.54) is 24.8 Å². The molecule has 138 valence electrons. The summed E-state index contributed by atoms with van der Waals surface area (Å²) in [5, 5.41) is 0. The Kier molecular flexibility index (Phi) is 4.19. The first-order valence-electron chi connectivity index (χ1n) is 10.1. The van der Waals surface area contributed by atoms with Gasteiger partial charge in [-0.2, -0.15) is 0 Å². The highest BCUT2D eigenvalue weighted by molar-refractivity contribution is 5.93. The molecule has 1 aliphatic carbocycles. The van der Waals surface area contributed by atoms with Gasteiger partial charge in [-0.15, -0.1) is 0 Å². The third-order valence-corrected chi connectivity index (χ3v) is 6.45. The van der Waals surface area contributed by atoms with Gasteiger partial charge in [-0.1, -0.05) is 49.2 Å². The van der Waals surface area contributed by atoms with Gasteiger partial charge in [-0.25, -0.2) is 4.98 Å². The number of benzene rings is 1. The summed E-state index contributed by atoms with van der Waals surface area (Å²) in [5.41, 5.74) is 2.85. The van der Waals surface area contributed by atoms with E-state index >= 15 is 0 Å². The first-order valence-corrected chi connectivity index (χ1v) is 10.1. The van der Waals surface area contributed by atoms with Crippen molar-refractivity contribution in [3.63, 3.8) is 0 Å². The monoisotopic (exact) mass is 359 g/mol. The number of amides is 1. The van der Waals surface area contributed by atoms with Gasteiger partial charge in [0.05, 0.1) is 0 Å². The molecule has 3 aromatic rings. The molecule has 0 bridgehead atoms. The number of pyridine rings is 1. The van der Waals surface area contributed by atoms with Crippen LogP contribution in [0.2, 0.25) is 0 Å². The average Bonchev–Trinajstić information content (AvgIpc) is 3.17. The number of carbonyl (C=O) groups is 1. The topological polar surface area (TPSA) is 37.6 Å². The van der Waals surface area contributed by atoms with Crippen LogP contribution in [-0.4, -0.2) is 32.8 Å². The number of imidazole rings is 1. The third-order valence-electron chi connectivity index (χ3n) is 6.45. The lowest BCUT2D eigenvalue weighted by atomic mass is 9.69. The Labute approximate surface area is 159 Å². The molecule has 1 aliphatic heterocycles. The Balaban J connectivity index is 1.44. The zero-order chi connectivity index (χ0) is 18.2. The van der Waals surface area contributed by atoms with Crippen LogP contribution in [0, 0.1) is 5.92 Å². The summed E-state index contributed by atoms with van der Waals surface area (Å²) >= 11 is 0. The van der Waals surface area contributed by atoms with Gasteiger partial charge in [0.25, 0.3) is 5.91 Å². The Morgan fingerprint density at radius 1 is 0.963 bits per heavy atom. The molecule has 1 saturated heterocycles. The standard InChI is InChI=1S/C23H25N3O/c27-23(20-16-25-14-7-6-12-22(25)24-20)26-15-13-18(17-8-2-1-3-9-17)19-10-4-5-11-21(19)26/h1-3,6-9,12,14,16,18-19,21H,4-5,10-11,13,15H2/t18-,19-,21-/m1/s1. The first-order chi connectivity index (χ1) is 13.3. The van der Waals surface area contributed by atoms with Crippen LogP contribution in [0.4, 0.5) is 0 Å². The zero-order valence-electron chi connectivity index (χ0n) is 15.5. The molecule has 5 rings (SSSR count). The fourth-order valence-corrected chi connectivity index (χ4v) is 5.21. The molecule has 1 amide bonds. The Bertz CT molecular complexity index is 915. The van der Waals surface area contributed by atoms with Crippen LogP contribution < -0.4 is 0 Å². The van der Waals surface area contributed by atoms with E-state index in [0.717, 1.165) is 25.0 Å². The summed E-state index contributed by atoms with van der Waals surface area (Å²) in [6.07, 6.45) is 9.71. The molecule has 0 radical (unpaired) electrons. The minimum absolute atomic E-state index is 0.0992. The molecule has 2 aliphatic rings. The quantitative estimate of drug-likeness (QED) is 0.674. The summed E-state index contributed by atoms with van der Waals surface area (Å²) in [5.74, 6) is 1.24. The van der Waals surface area contributed by atoms with Gasteiger partial charge in [0, 0.05) is 25.0 Å². The molecule has 3 heterocycles. The molecule has 4 heteroatoms. The number of piperidine rings is 1. The molecular formula is C23H25N3O. The van der Waals surface area contributed by atoms with E-state index in [1.54, 1.807) is 0 Å². The summed E-state index contributed by atoms with van der Waals surface area (Å²) < 4.78 is 1.93. The number of likely N-dealkylation sites (tertiary alicyclic amines) is 1. The maximum absolute atomic E-state index is 13.3. The first kappa shape index (κ1) is 16.5. The largest absolute Gasteiger partial charge is 0.334 e. The van der Waals surface area contributed by atoms with E-state index in [4.69, 9.17) is 0 Å². The van der Waals surface area contributed by atoms with Crippen LogP contribution in [0.1, 0.15) is 54.1 Å². The van der Waals surface area contributed by atoms with Gasteiger partial charge in [-0.3, -0.25) is 4.79 Å². The van der Waals surface area contributed by atoms with Gasteiger partial charge in [0.2, 0.25) is 0 Å². The lowest BCUT2D eigenvalue weighted by molar-refractivity contribution is 0.0314. The van der Waals surface area contributed by atoms with Crippen LogP contribution in [0.5, 0.6) is 0 Å². The van der Waals surface area contributed by atoms with Crippen LogP contribution >= 0.6 is 0 Å². The minimum Gasteiger partial charge on any atom is -0.334 e. The molecule has 0 unspecified atom stereocenters. The smallest absolute Gasteiger partial charge is 0.274 e. The van der Waals surface area contributed by atoms with E-state index in [1.807, 2.05) is 35.0 Å². The van der Waals surface area contributed by atoms with Crippen molar-refractivity contribution >= 4 is 11.6 Å². The molecule has 4 nitrogen and oxygen atoms in total. The SMILES string of the molecule is O=C(c1cn2ccccc2n1)N1CC[C@H](c2ccccc2)[C@H]2CCCC[C@H]21. The Morgan fingerprint density at radius 2 is 1.78 bits per heavy atom. The predicted octanol–water partition coefficient (Wildman–Crippen LogP) is 4.52. The molecular weight excluding hydrogens is 334 g/mol. The lowest BCUT2D eigenvalue weighted by Gasteiger charge is -2.48. The van der Waals surface area contributed by atoms with Crippen molar-refractivity contribution < 1.29 is 4.79 Å².